The molecule has 28 heavy (non-hydrogen) atoms. The number of carbonyl (C=O) groups excluding carboxylic acids is 1. The first kappa shape index (κ1) is 18.7. The maximum absolute atomic E-state index is 13.0. The Balaban J connectivity index is 1.52. The molecule has 0 radical (unpaired) electrons. The number of anilines is 2. The lowest BCUT2D eigenvalue weighted by molar-refractivity contribution is -0.140. The molecule has 1 aromatic heterocycles. The number of hydrogen-bond donors (Lipinski definition) is 1. The van der Waals surface area contributed by atoms with E-state index in [9.17, 15) is 4.79 Å². The number of amides is 1. The number of aromatic nitrogens is 2. The van der Waals surface area contributed by atoms with Gasteiger partial charge in [0.2, 0.25) is 11.9 Å². The Labute approximate surface area is 167 Å². The quantitative estimate of drug-likeness (QED) is 0.884. The van der Waals surface area contributed by atoms with E-state index in [2.05, 4.69) is 44.1 Å². The predicted octanol–water partition coefficient (Wildman–Crippen LogP) is 3.14. The molecule has 1 atom stereocenters. The lowest BCUT2D eigenvalue weighted by Gasteiger charge is -2.49. The minimum absolute atomic E-state index is 0.0229. The van der Waals surface area contributed by atoms with Crippen LogP contribution in [0.1, 0.15) is 37.7 Å². The summed E-state index contributed by atoms with van der Waals surface area (Å²) in [4.78, 5) is 26.4. The van der Waals surface area contributed by atoms with Crippen LogP contribution in [0.5, 0.6) is 0 Å². The Morgan fingerprint density at radius 1 is 1.18 bits per heavy atom. The maximum Gasteiger partial charge on any atom is 0.230 e. The second-order valence-electron chi connectivity index (χ2n) is 8.00. The third-order valence-electron chi connectivity index (χ3n) is 6.36. The highest BCUT2D eigenvalue weighted by Crippen LogP contribution is 2.45. The number of piperidine rings is 2. The summed E-state index contributed by atoms with van der Waals surface area (Å²) in [5.74, 6) is 1.90. The van der Waals surface area contributed by atoms with Gasteiger partial charge < -0.3 is 15.1 Å². The SMILES string of the molecule is CCN1CC2(CCN(c3nccc(NC)n3)CC2)C[C@@H](c2ccccc2)C1=O. The van der Waals surface area contributed by atoms with E-state index >= 15 is 0 Å². The summed E-state index contributed by atoms with van der Waals surface area (Å²) in [5, 5.41) is 3.08. The molecule has 148 valence electrons. The first-order valence-corrected chi connectivity index (χ1v) is 10.2. The fraction of sp³-hybridized carbons (Fsp3) is 0.500. The van der Waals surface area contributed by atoms with Gasteiger partial charge in [-0.05, 0) is 43.2 Å². The second kappa shape index (κ2) is 7.78. The average molecular weight is 380 g/mol. The van der Waals surface area contributed by atoms with Crippen molar-refractivity contribution in [1.29, 1.82) is 0 Å². The standard InChI is InChI=1S/C22H29N5O/c1-3-26-16-22(15-18(20(26)28)17-7-5-4-6-8-17)10-13-27(14-11-22)21-24-12-9-19(23-2)25-21/h4-9,12,18H,3,10-11,13-16H2,1-2H3,(H,23,24,25)/t18-/m0/s1. The molecule has 4 rings (SSSR count). The number of carbonyl (C=O) groups is 1. The van der Waals surface area contributed by atoms with Crippen LogP contribution in [-0.4, -0.2) is 54.0 Å². The van der Waals surface area contributed by atoms with E-state index in [1.165, 1.54) is 0 Å². The zero-order valence-electron chi connectivity index (χ0n) is 16.8. The molecule has 2 saturated heterocycles. The predicted molar refractivity (Wildman–Crippen MR) is 112 cm³/mol. The van der Waals surface area contributed by atoms with Gasteiger partial charge in [0.25, 0.3) is 0 Å². The summed E-state index contributed by atoms with van der Waals surface area (Å²) in [6.07, 6.45) is 4.88. The van der Waals surface area contributed by atoms with Crippen molar-refractivity contribution in [3.05, 3.63) is 48.2 Å². The first-order valence-electron chi connectivity index (χ1n) is 10.2. The number of likely N-dealkylation sites (N-methyl/N-ethyl adjacent to an activating group) is 1. The third-order valence-corrected chi connectivity index (χ3v) is 6.36. The van der Waals surface area contributed by atoms with Crippen molar-refractivity contribution >= 4 is 17.7 Å². The highest BCUT2D eigenvalue weighted by molar-refractivity contribution is 5.84. The zero-order chi connectivity index (χ0) is 19.6. The van der Waals surface area contributed by atoms with E-state index in [1.807, 2.05) is 37.5 Å². The van der Waals surface area contributed by atoms with Gasteiger partial charge in [0.15, 0.2) is 0 Å². The number of hydrogen-bond acceptors (Lipinski definition) is 5. The smallest absolute Gasteiger partial charge is 0.230 e. The van der Waals surface area contributed by atoms with E-state index < -0.39 is 0 Å². The molecule has 1 spiro atoms. The Hall–Kier alpha value is -2.63. The van der Waals surface area contributed by atoms with Crippen LogP contribution in [0.3, 0.4) is 0 Å². The molecular weight excluding hydrogens is 350 g/mol. The topological polar surface area (TPSA) is 61.4 Å². The van der Waals surface area contributed by atoms with Gasteiger partial charge in [-0.2, -0.15) is 4.98 Å². The Morgan fingerprint density at radius 3 is 2.61 bits per heavy atom. The Kier molecular flexibility index (Phi) is 5.20. The molecule has 0 saturated carbocycles. The van der Waals surface area contributed by atoms with Gasteiger partial charge in [0.1, 0.15) is 5.82 Å². The van der Waals surface area contributed by atoms with E-state index in [4.69, 9.17) is 0 Å². The largest absolute Gasteiger partial charge is 0.373 e. The van der Waals surface area contributed by atoms with Crippen LogP contribution in [-0.2, 0) is 4.79 Å². The summed E-state index contributed by atoms with van der Waals surface area (Å²) >= 11 is 0. The Bertz CT molecular complexity index is 817. The molecule has 3 heterocycles. The van der Waals surface area contributed by atoms with Crippen molar-refractivity contribution in [3.8, 4) is 0 Å². The fourth-order valence-corrected chi connectivity index (χ4v) is 4.68. The van der Waals surface area contributed by atoms with Gasteiger partial charge in [-0.15, -0.1) is 0 Å². The van der Waals surface area contributed by atoms with Crippen molar-refractivity contribution < 1.29 is 4.79 Å². The monoisotopic (exact) mass is 379 g/mol. The van der Waals surface area contributed by atoms with Gasteiger partial charge in [-0.3, -0.25) is 4.79 Å². The van der Waals surface area contributed by atoms with Crippen molar-refractivity contribution in [2.75, 3.05) is 43.4 Å². The fourth-order valence-electron chi connectivity index (χ4n) is 4.68. The molecule has 6 nitrogen and oxygen atoms in total. The number of nitrogens with one attached hydrogen (secondary N) is 1. The number of nitrogens with zero attached hydrogens (tertiary/aromatic N) is 4. The molecule has 1 aromatic carbocycles. The third kappa shape index (κ3) is 3.55. The molecule has 1 amide bonds. The van der Waals surface area contributed by atoms with Gasteiger partial charge in [-0.25, -0.2) is 4.98 Å². The van der Waals surface area contributed by atoms with E-state index in [0.29, 0.717) is 0 Å². The molecule has 0 unspecified atom stereocenters. The van der Waals surface area contributed by atoms with Crippen molar-refractivity contribution in [1.82, 2.24) is 14.9 Å². The van der Waals surface area contributed by atoms with Crippen LogP contribution in [0.2, 0.25) is 0 Å². The van der Waals surface area contributed by atoms with Crippen LogP contribution in [0.4, 0.5) is 11.8 Å². The number of rotatable bonds is 4. The minimum atomic E-state index is -0.0229. The summed E-state index contributed by atoms with van der Waals surface area (Å²) in [5.41, 5.74) is 1.33. The van der Waals surface area contributed by atoms with Crippen LogP contribution in [0.25, 0.3) is 0 Å². The van der Waals surface area contributed by atoms with Gasteiger partial charge in [0.05, 0.1) is 5.92 Å². The van der Waals surface area contributed by atoms with Gasteiger partial charge in [-0.1, -0.05) is 30.3 Å². The van der Waals surface area contributed by atoms with Crippen molar-refractivity contribution in [3.63, 3.8) is 0 Å². The molecule has 2 aliphatic rings. The number of likely N-dealkylation sites (tertiary alicyclic amines) is 1. The zero-order valence-corrected chi connectivity index (χ0v) is 16.8. The maximum atomic E-state index is 13.0. The Morgan fingerprint density at radius 2 is 1.93 bits per heavy atom. The molecular formula is C22H29N5O. The lowest BCUT2D eigenvalue weighted by Crippen LogP contribution is -2.54. The van der Waals surface area contributed by atoms with Crippen LogP contribution in [0.15, 0.2) is 42.6 Å². The van der Waals surface area contributed by atoms with Gasteiger partial charge >= 0.3 is 0 Å². The first-order chi connectivity index (χ1) is 13.6. The van der Waals surface area contributed by atoms with Crippen molar-refractivity contribution in [2.45, 2.75) is 32.1 Å². The second-order valence-corrected chi connectivity index (χ2v) is 8.00. The van der Waals surface area contributed by atoms with Crippen molar-refractivity contribution in [2.24, 2.45) is 5.41 Å². The van der Waals surface area contributed by atoms with Crippen LogP contribution < -0.4 is 10.2 Å². The molecule has 6 heteroatoms. The minimum Gasteiger partial charge on any atom is -0.373 e. The van der Waals surface area contributed by atoms with Crippen LogP contribution >= 0.6 is 0 Å². The highest BCUT2D eigenvalue weighted by atomic mass is 16.2. The van der Waals surface area contributed by atoms with E-state index in [0.717, 1.165) is 62.8 Å². The highest BCUT2D eigenvalue weighted by Gasteiger charge is 2.45. The van der Waals surface area contributed by atoms with E-state index in [1.54, 1.807) is 0 Å². The normalized spacial score (nSPS) is 21.8. The molecule has 1 N–H and O–H groups in total. The van der Waals surface area contributed by atoms with Crippen LogP contribution in [0, 0.1) is 5.41 Å². The summed E-state index contributed by atoms with van der Waals surface area (Å²) in [6, 6.07) is 12.2. The average Bonchev–Trinajstić information content (AvgIpc) is 2.76. The van der Waals surface area contributed by atoms with Gasteiger partial charge in [0, 0.05) is 39.4 Å². The molecule has 0 bridgehead atoms. The molecule has 2 aliphatic heterocycles. The summed E-state index contributed by atoms with van der Waals surface area (Å²) in [6.45, 7) is 5.60. The molecule has 2 aromatic rings. The van der Waals surface area contributed by atoms with E-state index in [-0.39, 0.29) is 17.2 Å². The molecule has 0 aliphatic carbocycles. The number of benzene rings is 1. The summed E-state index contributed by atoms with van der Waals surface area (Å²) < 4.78 is 0. The molecule has 2 fully saturated rings. The lowest BCUT2D eigenvalue weighted by atomic mass is 9.67. The summed E-state index contributed by atoms with van der Waals surface area (Å²) in [7, 11) is 1.87.